The number of benzene rings is 2. The van der Waals surface area contributed by atoms with E-state index in [0.29, 0.717) is 22.2 Å². The molecule has 0 aliphatic heterocycles. The summed E-state index contributed by atoms with van der Waals surface area (Å²) in [5, 5.41) is 3.00. The lowest BCUT2D eigenvalue weighted by Gasteiger charge is -2.11. The van der Waals surface area contributed by atoms with Gasteiger partial charge in [-0.25, -0.2) is 0 Å². The van der Waals surface area contributed by atoms with Gasteiger partial charge in [-0.05, 0) is 30.5 Å². The van der Waals surface area contributed by atoms with Gasteiger partial charge >= 0.3 is 5.97 Å². The Kier molecular flexibility index (Phi) is 5.38. The summed E-state index contributed by atoms with van der Waals surface area (Å²) in [5.41, 5.74) is 1.09. The second-order valence-corrected chi connectivity index (χ2v) is 6.80. The maximum atomic E-state index is 12.7. The number of carbonyl (C=O) groups is 3. The zero-order valence-corrected chi connectivity index (χ0v) is 15.0. The van der Waals surface area contributed by atoms with Crippen molar-refractivity contribution in [2.24, 2.45) is 11.8 Å². The number of nitrogens with one attached hydrogen (secondary N) is 1. The van der Waals surface area contributed by atoms with E-state index < -0.39 is 5.91 Å². The summed E-state index contributed by atoms with van der Waals surface area (Å²) in [6.07, 6.45) is 0.799. The topological polar surface area (TPSA) is 72.5 Å². The molecule has 0 spiro atoms. The van der Waals surface area contributed by atoms with Crippen molar-refractivity contribution in [3.63, 3.8) is 0 Å². The van der Waals surface area contributed by atoms with Crippen LogP contribution >= 0.6 is 11.6 Å². The largest absolute Gasteiger partial charge is 0.455 e. The van der Waals surface area contributed by atoms with Gasteiger partial charge in [0.15, 0.2) is 12.4 Å². The fraction of sp³-hybridized carbons (Fsp3) is 0.250. The van der Waals surface area contributed by atoms with Gasteiger partial charge in [-0.3, -0.25) is 14.4 Å². The van der Waals surface area contributed by atoms with E-state index in [1.165, 1.54) is 6.07 Å². The number of hydrogen-bond acceptors (Lipinski definition) is 4. The zero-order chi connectivity index (χ0) is 18.7. The van der Waals surface area contributed by atoms with Crippen molar-refractivity contribution in [1.29, 1.82) is 0 Å². The first kappa shape index (κ1) is 18.1. The van der Waals surface area contributed by atoms with Crippen molar-refractivity contribution in [2.75, 3.05) is 11.9 Å². The van der Waals surface area contributed by atoms with E-state index in [4.69, 9.17) is 16.3 Å². The van der Waals surface area contributed by atoms with Gasteiger partial charge in [0, 0.05) is 16.1 Å². The highest BCUT2D eigenvalue weighted by Crippen LogP contribution is 2.38. The minimum Gasteiger partial charge on any atom is -0.455 e. The number of anilines is 1. The highest BCUT2D eigenvalue weighted by atomic mass is 35.5. The van der Waals surface area contributed by atoms with Gasteiger partial charge in [-0.2, -0.15) is 0 Å². The lowest BCUT2D eigenvalue weighted by atomic mass is 10.0. The smallest absolute Gasteiger partial charge is 0.309 e. The van der Waals surface area contributed by atoms with Crippen molar-refractivity contribution in [1.82, 2.24) is 0 Å². The fourth-order valence-corrected chi connectivity index (χ4v) is 2.81. The normalized spacial score (nSPS) is 18.1. The van der Waals surface area contributed by atoms with Crippen molar-refractivity contribution in [2.45, 2.75) is 13.3 Å². The highest BCUT2D eigenvalue weighted by molar-refractivity contribution is 6.31. The quantitative estimate of drug-likeness (QED) is 0.620. The van der Waals surface area contributed by atoms with Crippen LogP contribution in [0.15, 0.2) is 48.5 Å². The lowest BCUT2D eigenvalue weighted by molar-refractivity contribution is -0.148. The number of esters is 1. The first-order valence-corrected chi connectivity index (χ1v) is 8.69. The number of ketones is 1. The molecule has 1 amide bonds. The molecule has 1 N–H and O–H groups in total. The minimum absolute atomic E-state index is 0.103. The molecule has 2 aromatic rings. The molecular formula is C20H18ClNO4. The van der Waals surface area contributed by atoms with Crippen LogP contribution in [0.3, 0.4) is 0 Å². The molecule has 134 valence electrons. The maximum Gasteiger partial charge on any atom is 0.309 e. The zero-order valence-electron chi connectivity index (χ0n) is 14.2. The van der Waals surface area contributed by atoms with Crippen molar-refractivity contribution < 1.29 is 19.1 Å². The predicted molar refractivity (Wildman–Crippen MR) is 98.2 cm³/mol. The summed E-state index contributed by atoms with van der Waals surface area (Å²) in [6, 6.07) is 13.3. The monoisotopic (exact) mass is 371 g/mol. The van der Waals surface area contributed by atoms with Gasteiger partial charge in [0.1, 0.15) is 0 Å². The molecular weight excluding hydrogens is 354 g/mol. The van der Waals surface area contributed by atoms with Crippen LogP contribution in [0.2, 0.25) is 5.02 Å². The molecule has 26 heavy (non-hydrogen) atoms. The number of amides is 1. The van der Waals surface area contributed by atoms with Crippen LogP contribution in [0, 0.1) is 11.8 Å². The molecule has 0 radical (unpaired) electrons. The summed E-state index contributed by atoms with van der Waals surface area (Å²) in [5.74, 6) is -0.905. The average molecular weight is 372 g/mol. The van der Waals surface area contributed by atoms with Crippen LogP contribution in [-0.4, -0.2) is 24.3 Å². The Bertz CT molecular complexity index is 850. The third-order valence-corrected chi connectivity index (χ3v) is 4.53. The number of halogens is 1. The van der Waals surface area contributed by atoms with E-state index in [9.17, 15) is 14.4 Å². The molecule has 2 atom stereocenters. The lowest BCUT2D eigenvalue weighted by Crippen LogP contribution is -2.23. The summed E-state index contributed by atoms with van der Waals surface area (Å²) < 4.78 is 5.02. The molecule has 1 aliphatic rings. The van der Waals surface area contributed by atoms with E-state index in [-0.39, 0.29) is 29.8 Å². The summed E-state index contributed by atoms with van der Waals surface area (Å²) in [4.78, 5) is 36.5. The van der Waals surface area contributed by atoms with Crippen LogP contribution < -0.4 is 5.32 Å². The predicted octanol–water partition coefficient (Wildman–Crippen LogP) is 3.71. The van der Waals surface area contributed by atoms with Gasteiger partial charge in [0.05, 0.1) is 11.6 Å². The molecule has 5 nitrogen and oxygen atoms in total. The standard InChI is InChI=1S/C20H18ClNO4/c1-12-9-15(12)20(25)26-11-18(23)22-17-8-7-14(21)10-16(17)19(24)13-5-3-2-4-6-13/h2-8,10,12,15H,9,11H2,1H3,(H,22,23)/t12-,15+/m0/s1. The van der Waals surface area contributed by atoms with Crippen molar-refractivity contribution >= 4 is 34.9 Å². The molecule has 0 heterocycles. The summed E-state index contributed by atoms with van der Waals surface area (Å²) in [7, 11) is 0. The second-order valence-electron chi connectivity index (χ2n) is 6.36. The second kappa shape index (κ2) is 7.70. The molecule has 1 saturated carbocycles. The Hall–Kier alpha value is -2.66. The third kappa shape index (κ3) is 4.29. The first-order valence-electron chi connectivity index (χ1n) is 8.31. The molecule has 3 rings (SSSR count). The molecule has 1 aliphatic carbocycles. The van der Waals surface area contributed by atoms with Crippen LogP contribution in [0.1, 0.15) is 29.3 Å². The Labute approximate surface area is 156 Å². The minimum atomic E-state index is -0.504. The van der Waals surface area contributed by atoms with Crippen LogP contribution in [0.5, 0.6) is 0 Å². The molecule has 2 aromatic carbocycles. The molecule has 1 fully saturated rings. The molecule has 0 saturated heterocycles. The Balaban J connectivity index is 1.70. The SMILES string of the molecule is C[C@H]1C[C@H]1C(=O)OCC(=O)Nc1ccc(Cl)cc1C(=O)c1ccccc1. The summed E-state index contributed by atoms with van der Waals surface area (Å²) >= 11 is 6.01. The third-order valence-electron chi connectivity index (χ3n) is 4.29. The van der Waals surface area contributed by atoms with E-state index in [1.54, 1.807) is 36.4 Å². The van der Waals surface area contributed by atoms with E-state index in [2.05, 4.69) is 5.32 Å². The number of ether oxygens (including phenoxy) is 1. The maximum absolute atomic E-state index is 12.7. The number of hydrogen-bond donors (Lipinski definition) is 1. The van der Waals surface area contributed by atoms with Crippen LogP contribution in [0.4, 0.5) is 5.69 Å². The molecule has 0 bridgehead atoms. The highest BCUT2D eigenvalue weighted by Gasteiger charge is 2.40. The molecule has 0 unspecified atom stereocenters. The Morgan fingerprint density at radius 1 is 1.15 bits per heavy atom. The van der Waals surface area contributed by atoms with Gasteiger partial charge in [0.25, 0.3) is 5.91 Å². The van der Waals surface area contributed by atoms with Crippen LogP contribution in [0.25, 0.3) is 0 Å². The fourth-order valence-electron chi connectivity index (χ4n) is 2.64. The Morgan fingerprint density at radius 2 is 1.85 bits per heavy atom. The van der Waals surface area contributed by atoms with Crippen molar-refractivity contribution in [3.8, 4) is 0 Å². The van der Waals surface area contributed by atoms with Gasteiger partial charge in [0.2, 0.25) is 0 Å². The average Bonchev–Trinajstić information content (AvgIpc) is 3.38. The molecule has 0 aromatic heterocycles. The molecule has 6 heteroatoms. The van der Waals surface area contributed by atoms with E-state index in [1.807, 2.05) is 13.0 Å². The number of carbonyl (C=O) groups excluding carboxylic acids is 3. The Morgan fingerprint density at radius 3 is 2.50 bits per heavy atom. The van der Waals surface area contributed by atoms with Crippen LogP contribution in [-0.2, 0) is 14.3 Å². The van der Waals surface area contributed by atoms with Gasteiger partial charge in [-0.15, -0.1) is 0 Å². The van der Waals surface area contributed by atoms with E-state index in [0.717, 1.165) is 6.42 Å². The first-order chi connectivity index (χ1) is 12.5. The van der Waals surface area contributed by atoms with E-state index >= 15 is 0 Å². The van der Waals surface area contributed by atoms with Gasteiger partial charge < -0.3 is 10.1 Å². The van der Waals surface area contributed by atoms with Crippen molar-refractivity contribution in [3.05, 3.63) is 64.7 Å². The summed E-state index contributed by atoms with van der Waals surface area (Å²) in [6.45, 7) is 1.57. The number of rotatable bonds is 6. The van der Waals surface area contributed by atoms with Gasteiger partial charge in [-0.1, -0.05) is 48.9 Å².